The maximum absolute atomic E-state index is 12.3. The van der Waals surface area contributed by atoms with E-state index in [0.717, 1.165) is 11.3 Å². The first-order valence-electron chi connectivity index (χ1n) is 8.33. The van der Waals surface area contributed by atoms with Gasteiger partial charge in [-0.15, -0.1) is 11.3 Å². The Morgan fingerprint density at radius 1 is 1.12 bits per heavy atom. The summed E-state index contributed by atoms with van der Waals surface area (Å²) in [4.78, 5) is 14.0. The van der Waals surface area contributed by atoms with Crippen LogP contribution in [-0.2, 0) is 21.4 Å². The number of rotatable bonds is 9. The molecule has 0 aliphatic carbocycles. The van der Waals surface area contributed by atoms with Gasteiger partial charge in [-0.1, -0.05) is 18.2 Å². The Bertz CT molecular complexity index is 801. The van der Waals surface area contributed by atoms with Crippen molar-refractivity contribution in [2.75, 3.05) is 32.6 Å². The maximum Gasteiger partial charge on any atom is 0.252 e. The van der Waals surface area contributed by atoms with Crippen LogP contribution in [0.2, 0.25) is 0 Å². The predicted octanol–water partition coefficient (Wildman–Crippen LogP) is 2.53. The monoisotopic (exact) mass is 395 g/mol. The zero-order chi connectivity index (χ0) is 19.2. The Labute approximate surface area is 159 Å². The summed E-state index contributed by atoms with van der Waals surface area (Å²) in [6.45, 7) is 0.779. The third-order valence-corrected chi connectivity index (χ3v) is 7.21. The van der Waals surface area contributed by atoms with E-state index >= 15 is 0 Å². The van der Waals surface area contributed by atoms with Crippen molar-refractivity contribution in [2.45, 2.75) is 23.6 Å². The summed E-state index contributed by atoms with van der Waals surface area (Å²) in [5.74, 6) is -0.0800. The largest absolute Gasteiger partial charge is 0.378 e. The maximum atomic E-state index is 12.3. The number of carbonyl (C=O) groups excluding carboxylic acids is 1. The van der Waals surface area contributed by atoms with Crippen molar-refractivity contribution in [1.29, 1.82) is 0 Å². The summed E-state index contributed by atoms with van der Waals surface area (Å²) in [5.41, 5.74) is 2.14. The molecular weight excluding hydrogens is 370 g/mol. The quantitative estimate of drug-likeness (QED) is 0.708. The Morgan fingerprint density at radius 3 is 2.38 bits per heavy atom. The van der Waals surface area contributed by atoms with Crippen LogP contribution in [0.15, 0.2) is 46.0 Å². The predicted molar refractivity (Wildman–Crippen MR) is 106 cm³/mol. The third kappa shape index (κ3) is 5.55. The van der Waals surface area contributed by atoms with E-state index in [1.165, 1.54) is 15.6 Å². The van der Waals surface area contributed by atoms with Gasteiger partial charge in [0.25, 0.3) is 10.0 Å². The highest BCUT2D eigenvalue weighted by Gasteiger charge is 2.21. The van der Waals surface area contributed by atoms with Crippen molar-refractivity contribution < 1.29 is 13.2 Å². The lowest BCUT2D eigenvalue weighted by Gasteiger charge is -2.15. The van der Waals surface area contributed by atoms with Gasteiger partial charge in [-0.2, -0.15) is 0 Å². The second-order valence-corrected chi connectivity index (χ2v) is 9.42. The van der Waals surface area contributed by atoms with Crippen molar-refractivity contribution in [3.63, 3.8) is 0 Å². The molecule has 1 heterocycles. The van der Waals surface area contributed by atoms with E-state index in [-0.39, 0.29) is 5.91 Å². The lowest BCUT2D eigenvalue weighted by molar-refractivity contribution is -0.121. The number of amides is 1. The van der Waals surface area contributed by atoms with Gasteiger partial charge in [-0.25, -0.2) is 12.7 Å². The SMILES string of the molecule is CN(C)c1ccc(CNC(=O)CCCN(C)S(=O)(=O)c2cccs2)cc1. The minimum absolute atomic E-state index is 0.0800. The number of sulfonamides is 1. The van der Waals surface area contributed by atoms with E-state index in [1.54, 1.807) is 24.6 Å². The Hall–Kier alpha value is -1.90. The van der Waals surface area contributed by atoms with Gasteiger partial charge in [0.05, 0.1) is 0 Å². The number of thiophene rings is 1. The fourth-order valence-corrected chi connectivity index (χ4v) is 4.76. The Kier molecular flexibility index (Phi) is 7.19. The highest BCUT2D eigenvalue weighted by Crippen LogP contribution is 2.20. The summed E-state index contributed by atoms with van der Waals surface area (Å²) in [6.07, 6.45) is 0.770. The Morgan fingerprint density at radius 2 is 1.81 bits per heavy atom. The Balaban J connectivity index is 1.73. The van der Waals surface area contributed by atoms with Gasteiger partial charge in [0, 0.05) is 46.3 Å². The van der Waals surface area contributed by atoms with Crippen molar-refractivity contribution in [2.24, 2.45) is 0 Å². The third-order valence-electron chi connectivity index (χ3n) is 3.98. The van der Waals surface area contributed by atoms with Crippen molar-refractivity contribution in [3.05, 3.63) is 47.3 Å². The first-order chi connectivity index (χ1) is 12.3. The van der Waals surface area contributed by atoms with Gasteiger partial charge in [0.1, 0.15) is 4.21 Å². The highest BCUT2D eigenvalue weighted by molar-refractivity contribution is 7.91. The van der Waals surface area contributed by atoms with E-state index in [4.69, 9.17) is 0 Å². The van der Waals surface area contributed by atoms with Gasteiger partial charge in [0.2, 0.25) is 5.91 Å². The average Bonchev–Trinajstić information content (AvgIpc) is 3.15. The molecule has 0 aliphatic heterocycles. The first-order valence-corrected chi connectivity index (χ1v) is 10.7. The molecule has 2 aromatic rings. The molecule has 0 radical (unpaired) electrons. The molecule has 1 aromatic carbocycles. The summed E-state index contributed by atoms with van der Waals surface area (Å²) < 4.78 is 26.2. The molecule has 0 bridgehead atoms. The molecule has 1 aromatic heterocycles. The molecule has 142 valence electrons. The second-order valence-electron chi connectivity index (χ2n) is 6.20. The molecule has 0 saturated carbocycles. The van der Waals surface area contributed by atoms with Crippen LogP contribution < -0.4 is 10.2 Å². The van der Waals surface area contributed by atoms with E-state index in [9.17, 15) is 13.2 Å². The molecule has 0 atom stereocenters. The molecule has 2 rings (SSSR count). The molecule has 6 nitrogen and oxygen atoms in total. The van der Waals surface area contributed by atoms with Gasteiger partial charge >= 0.3 is 0 Å². The normalized spacial score (nSPS) is 11.5. The molecule has 0 spiro atoms. The standard InChI is InChI=1S/C18H25N3O3S2/c1-20(2)16-10-8-15(9-11-16)14-19-17(22)6-4-12-21(3)26(23,24)18-7-5-13-25-18/h5,7-11,13H,4,6,12,14H2,1-3H3,(H,19,22). The first kappa shape index (κ1) is 20.4. The van der Waals surface area contributed by atoms with Gasteiger partial charge in [0.15, 0.2) is 0 Å². The van der Waals surface area contributed by atoms with Crippen LogP contribution in [0, 0.1) is 0 Å². The number of hydrogen-bond donors (Lipinski definition) is 1. The molecule has 1 N–H and O–H groups in total. The topological polar surface area (TPSA) is 69.7 Å². The summed E-state index contributed by atoms with van der Waals surface area (Å²) in [5, 5.41) is 4.60. The van der Waals surface area contributed by atoms with Gasteiger partial charge < -0.3 is 10.2 Å². The molecule has 1 amide bonds. The highest BCUT2D eigenvalue weighted by atomic mass is 32.2. The smallest absolute Gasteiger partial charge is 0.252 e. The van der Waals surface area contributed by atoms with Crippen LogP contribution >= 0.6 is 11.3 Å². The fourth-order valence-electron chi connectivity index (χ4n) is 2.35. The molecule has 8 heteroatoms. The number of benzene rings is 1. The number of nitrogens with zero attached hydrogens (tertiary/aromatic N) is 2. The van der Waals surface area contributed by atoms with Crippen LogP contribution in [-0.4, -0.2) is 46.3 Å². The summed E-state index contributed by atoms with van der Waals surface area (Å²) in [6, 6.07) is 11.3. The van der Waals surface area contributed by atoms with Crippen LogP contribution in [0.25, 0.3) is 0 Å². The van der Waals surface area contributed by atoms with E-state index < -0.39 is 10.0 Å². The lowest BCUT2D eigenvalue weighted by atomic mass is 10.2. The van der Waals surface area contributed by atoms with Crippen molar-refractivity contribution in [3.8, 4) is 0 Å². The zero-order valence-electron chi connectivity index (χ0n) is 15.3. The van der Waals surface area contributed by atoms with Crippen molar-refractivity contribution in [1.82, 2.24) is 9.62 Å². The number of nitrogens with one attached hydrogen (secondary N) is 1. The lowest BCUT2D eigenvalue weighted by Crippen LogP contribution is -2.29. The second kappa shape index (κ2) is 9.16. The minimum atomic E-state index is -3.44. The molecule has 26 heavy (non-hydrogen) atoms. The summed E-state index contributed by atoms with van der Waals surface area (Å²) >= 11 is 1.19. The average molecular weight is 396 g/mol. The fraction of sp³-hybridized carbons (Fsp3) is 0.389. The van der Waals surface area contributed by atoms with Gasteiger partial charge in [-0.3, -0.25) is 4.79 Å². The van der Waals surface area contributed by atoms with E-state index in [0.29, 0.717) is 30.1 Å². The van der Waals surface area contributed by atoms with Crippen LogP contribution in [0.4, 0.5) is 5.69 Å². The van der Waals surface area contributed by atoms with E-state index in [1.807, 2.05) is 43.3 Å². The van der Waals surface area contributed by atoms with Gasteiger partial charge in [-0.05, 0) is 35.6 Å². The molecule has 0 aliphatic rings. The van der Waals surface area contributed by atoms with Crippen LogP contribution in [0.5, 0.6) is 0 Å². The van der Waals surface area contributed by atoms with Crippen LogP contribution in [0.1, 0.15) is 18.4 Å². The van der Waals surface area contributed by atoms with Crippen LogP contribution in [0.3, 0.4) is 0 Å². The van der Waals surface area contributed by atoms with E-state index in [2.05, 4.69) is 5.32 Å². The number of carbonyl (C=O) groups is 1. The zero-order valence-corrected chi connectivity index (χ0v) is 16.9. The number of hydrogen-bond acceptors (Lipinski definition) is 5. The molecule has 0 saturated heterocycles. The molecular formula is C18H25N3O3S2. The molecule has 0 fully saturated rings. The number of anilines is 1. The van der Waals surface area contributed by atoms with Crippen molar-refractivity contribution >= 4 is 33.0 Å². The summed E-state index contributed by atoms with van der Waals surface area (Å²) in [7, 11) is 2.05. The molecule has 0 unspecified atom stereocenters. The minimum Gasteiger partial charge on any atom is -0.378 e.